The second kappa shape index (κ2) is 10.2. The Bertz CT molecular complexity index is 740. The summed E-state index contributed by atoms with van der Waals surface area (Å²) >= 11 is 7.52. The van der Waals surface area contributed by atoms with E-state index in [-0.39, 0.29) is 17.6 Å². The van der Waals surface area contributed by atoms with Gasteiger partial charge in [-0.2, -0.15) is 0 Å². The van der Waals surface area contributed by atoms with Gasteiger partial charge in [-0.15, -0.1) is 11.8 Å². The maximum atomic E-state index is 12.8. The fraction of sp³-hybridized carbons (Fsp3) is 0.300. The highest BCUT2D eigenvalue weighted by Crippen LogP contribution is 2.20. The summed E-state index contributed by atoms with van der Waals surface area (Å²) in [4.78, 5) is 27.8. The van der Waals surface area contributed by atoms with Crippen LogP contribution in [0.5, 0.6) is 0 Å². The Morgan fingerprint density at radius 2 is 1.88 bits per heavy atom. The highest BCUT2D eigenvalue weighted by Gasteiger charge is 2.25. The summed E-state index contributed by atoms with van der Waals surface area (Å²) in [7, 11) is 0. The number of halogens is 1. The molecule has 4 nitrogen and oxygen atoms in total. The van der Waals surface area contributed by atoms with Crippen molar-refractivity contribution in [2.75, 3.05) is 12.3 Å². The van der Waals surface area contributed by atoms with E-state index in [1.165, 1.54) is 11.8 Å². The van der Waals surface area contributed by atoms with Crippen LogP contribution in [0.3, 0.4) is 0 Å². The third kappa shape index (κ3) is 6.07. The van der Waals surface area contributed by atoms with Gasteiger partial charge in [0, 0.05) is 23.0 Å². The van der Waals surface area contributed by atoms with Gasteiger partial charge < -0.3 is 10.2 Å². The average molecular weight is 391 g/mol. The second-order valence-electron chi connectivity index (χ2n) is 5.82. The minimum absolute atomic E-state index is 0.0856. The molecule has 0 aromatic heterocycles. The maximum Gasteiger partial charge on any atom is 0.242 e. The largest absolute Gasteiger partial charge is 0.355 e. The number of nitrogens with one attached hydrogen (secondary N) is 1. The van der Waals surface area contributed by atoms with Gasteiger partial charge in [0.2, 0.25) is 11.8 Å². The van der Waals surface area contributed by atoms with E-state index in [4.69, 9.17) is 11.6 Å². The first-order chi connectivity index (χ1) is 12.5. The standard InChI is InChI=1S/C20H23ClN2O2S/c1-3-22-20(25)15(2)23(13-16-8-7-9-17(21)12-16)19(24)14-26-18-10-5-4-6-11-18/h4-12,15H,3,13-14H2,1-2H3,(H,22,25)/t15-/m0/s1. The highest BCUT2D eigenvalue weighted by molar-refractivity contribution is 8.00. The smallest absolute Gasteiger partial charge is 0.242 e. The molecule has 0 radical (unpaired) electrons. The SMILES string of the molecule is CCNC(=O)[C@H](C)N(Cc1cccc(Cl)c1)C(=O)CSc1ccccc1. The number of rotatable bonds is 8. The van der Waals surface area contributed by atoms with Crippen LogP contribution in [-0.2, 0) is 16.1 Å². The summed E-state index contributed by atoms with van der Waals surface area (Å²) in [6, 6.07) is 16.5. The number of hydrogen-bond acceptors (Lipinski definition) is 3. The molecule has 26 heavy (non-hydrogen) atoms. The van der Waals surface area contributed by atoms with E-state index in [0.29, 0.717) is 18.1 Å². The summed E-state index contributed by atoms with van der Waals surface area (Å²) in [5, 5.41) is 3.40. The molecule has 0 aliphatic heterocycles. The second-order valence-corrected chi connectivity index (χ2v) is 7.31. The van der Waals surface area contributed by atoms with Gasteiger partial charge in [0.05, 0.1) is 5.75 Å². The number of hydrogen-bond donors (Lipinski definition) is 1. The van der Waals surface area contributed by atoms with Crippen LogP contribution in [0.25, 0.3) is 0 Å². The lowest BCUT2D eigenvalue weighted by molar-refractivity contribution is -0.138. The van der Waals surface area contributed by atoms with E-state index in [2.05, 4.69) is 5.32 Å². The van der Waals surface area contributed by atoms with Crippen LogP contribution < -0.4 is 5.32 Å². The molecule has 0 aliphatic rings. The molecular formula is C20H23ClN2O2S. The number of nitrogens with zero attached hydrogens (tertiary/aromatic N) is 1. The highest BCUT2D eigenvalue weighted by atomic mass is 35.5. The Hall–Kier alpha value is -1.98. The van der Waals surface area contributed by atoms with E-state index >= 15 is 0 Å². The monoisotopic (exact) mass is 390 g/mol. The third-order valence-corrected chi connectivity index (χ3v) is 5.10. The molecule has 0 aliphatic carbocycles. The molecule has 0 saturated heterocycles. The molecule has 1 atom stereocenters. The Kier molecular flexibility index (Phi) is 8.01. The third-order valence-electron chi connectivity index (χ3n) is 3.87. The maximum absolute atomic E-state index is 12.8. The molecule has 1 N–H and O–H groups in total. The molecular weight excluding hydrogens is 368 g/mol. The van der Waals surface area contributed by atoms with Crippen LogP contribution >= 0.6 is 23.4 Å². The first-order valence-corrected chi connectivity index (χ1v) is 9.87. The summed E-state index contributed by atoms with van der Waals surface area (Å²) in [6.45, 7) is 4.48. The van der Waals surface area contributed by atoms with Crippen molar-refractivity contribution in [3.8, 4) is 0 Å². The minimum atomic E-state index is -0.558. The van der Waals surface area contributed by atoms with Gasteiger partial charge in [0.15, 0.2) is 0 Å². The number of carbonyl (C=O) groups excluding carboxylic acids is 2. The zero-order chi connectivity index (χ0) is 18.9. The number of carbonyl (C=O) groups is 2. The predicted molar refractivity (Wildman–Crippen MR) is 107 cm³/mol. The number of benzene rings is 2. The Morgan fingerprint density at radius 1 is 1.15 bits per heavy atom. The van der Waals surface area contributed by atoms with Crippen LogP contribution in [0.2, 0.25) is 5.02 Å². The molecule has 2 aromatic carbocycles. The van der Waals surface area contributed by atoms with Crippen molar-refractivity contribution in [1.29, 1.82) is 0 Å². The van der Waals surface area contributed by atoms with Crippen molar-refractivity contribution in [1.82, 2.24) is 10.2 Å². The Balaban J connectivity index is 2.12. The van der Waals surface area contributed by atoms with E-state index in [1.807, 2.05) is 55.5 Å². The van der Waals surface area contributed by atoms with Crippen molar-refractivity contribution in [3.63, 3.8) is 0 Å². The van der Waals surface area contributed by atoms with Crippen LogP contribution in [0.1, 0.15) is 19.4 Å². The van der Waals surface area contributed by atoms with E-state index in [1.54, 1.807) is 17.9 Å². The molecule has 2 rings (SSSR count). The normalized spacial score (nSPS) is 11.7. The molecule has 0 heterocycles. The van der Waals surface area contributed by atoms with Gasteiger partial charge in [-0.3, -0.25) is 9.59 Å². The van der Waals surface area contributed by atoms with Gasteiger partial charge >= 0.3 is 0 Å². The number of amides is 2. The quantitative estimate of drug-likeness (QED) is 0.693. The topological polar surface area (TPSA) is 49.4 Å². The van der Waals surface area contributed by atoms with Gasteiger partial charge in [0.1, 0.15) is 6.04 Å². The lowest BCUT2D eigenvalue weighted by atomic mass is 10.1. The lowest BCUT2D eigenvalue weighted by Gasteiger charge is -2.28. The zero-order valence-corrected chi connectivity index (χ0v) is 16.5. The number of likely N-dealkylation sites (N-methyl/N-ethyl adjacent to an activating group) is 1. The predicted octanol–water partition coefficient (Wildman–Crippen LogP) is 3.99. The molecule has 0 spiro atoms. The zero-order valence-electron chi connectivity index (χ0n) is 14.9. The fourth-order valence-electron chi connectivity index (χ4n) is 2.48. The molecule has 0 unspecified atom stereocenters. The minimum Gasteiger partial charge on any atom is -0.355 e. The number of thioether (sulfide) groups is 1. The van der Waals surface area contributed by atoms with Crippen LogP contribution in [0.15, 0.2) is 59.5 Å². The van der Waals surface area contributed by atoms with Crippen molar-refractivity contribution in [2.45, 2.75) is 31.3 Å². The van der Waals surface area contributed by atoms with Crippen LogP contribution in [0, 0.1) is 0 Å². The molecule has 2 aromatic rings. The Labute approximate surface area is 163 Å². The van der Waals surface area contributed by atoms with Crippen molar-refractivity contribution >= 4 is 35.2 Å². The molecule has 0 fully saturated rings. The van der Waals surface area contributed by atoms with Gasteiger partial charge in [-0.05, 0) is 43.7 Å². The van der Waals surface area contributed by atoms with Gasteiger partial charge in [-0.1, -0.05) is 41.9 Å². The Morgan fingerprint density at radius 3 is 2.54 bits per heavy atom. The van der Waals surface area contributed by atoms with Crippen molar-refractivity contribution < 1.29 is 9.59 Å². The average Bonchev–Trinajstić information content (AvgIpc) is 2.64. The lowest BCUT2D eigenvalue weighted by Crippen LogP contribution is -2.48. The van der Waals surface area contributed by atoms with Crippen LogP contribution in [-0.4, -0.2) is 35.1 Å². The fourth-order valence-corrected chi connectivity index (χ4v) is 3.50. The molecule has 6 heteroatoms. The first-order valence-electron chi connectivity index (χ1n) is 8.50. The van der Waals surface area contributed by atoms with E-state index < -0.39 is 6.04 Å². The van der Waals surface area contributed by atoms with Gasteiger partial charge in [-0.25, -0.2) is 0 Å². The summed E-state index contributed by atoms with van der Waals surface area (Å²) in [5.41, 5.74) is 0.895. The summed E-state index contributed by atoms with van der Waals surface area (Å²) in [5.74, 6) is 0.0269. The van der Waals surface area contributed by atoms with Gasteiger partial charge in [0.25, 0.3) is 0 Å². The van der Waals surface area contributed by atoms with E-state index in [0.717, 1.165) is 10.5 Å². The van der Waals surface area contributed by atoms with E-state index in [9.17, 15) is 9.59 Å². The summed E-state index contributed by atoms with van der Waals surface area (Å²) < 4.78 is 0. The molecule has 138 valence electrons. The molecule has 0 saturated carbocycles. The molecule has 0 bridgehead atoms. The summed E-state index contributed by atoms with van der Waals surface area (Å²) in [6.07, 6.45) is 0. The molecule has 2 amide bonds. The van der Waals surface area contributed by atoms with Crippen molar-refractivity contribution in [3.05, 3.63) is 65.2 Å². The van der Waals surface area contributed by atoms with Crippen LogP contribution in [0.4, 0.5) is 0 Å². The first kappa shape index (κ1) is 20.3. The van der Waals surface area contributed by atoms with Crippen molar-refractivity contribution in [2.24, 2.45) is 0 Å².